The summed E-state index contributed by atoms with van der Waals surface area (Å²) < 4.78 is 4.72. The van der Waals surface area contributed by atoms with Crippen molar-refractivity contribution in [2.75, 3.05) is 32.1 Å². The molecule has 1 aromatic heterocycles. The monoisotopic (exact) mass is 560 g/mol. The topological polar surface area (TPSA) is 108 Å². The summed E-state index contributed by atoms with van der Waals surface area (Å²) in [4.78, 5) is 56.1. The number of nitrogens with one attached hydrogen (secondary N) is 2. The van der Waals surface area contributed by atoms with Crippen molar-refractivity contribution in [3.8, 4) is 0 Å². The summed E-state index contributed by atoms with van der Waals surface area (Å²) in [5.74, 6) is -0.859. The standard InChI is InChI=1S/C30H32N4O5S/c1-39-29(37)21-11-13-22(14-12-21)31-30(38)33-15-16-34(27(35)18-23-8-5-17-40-23)26(19-33)28(36)32-25-10-4-7-20-6-2-3-9-24(20)25/h2-3,5-6,8-9,11-14,17,25-26H,4,7,10,15-16,18-19H2,1H3,(H,31,38)(H,32,36). The van der Waals surface area contributed by atoms with Gasteiger partial charge in [0.05, 0.1) is 31.7 Å². The molecule has 10 heteroatoms. The van der Waals surface area contributed by atoms with Gasteiger partial charge < -0.3 is 25.2 Å². The number of esters is 1. The summed E-state index contributed by atoms with van der Waals surface area (Å²) >= 11 is 1.50. The third-order valence-corrected chi connectivity index (χ3v) is 8.32. The highest BCUT2D eigenvalue weighted by molar-refractivity contribution is 7.10. The van der Waals surface area contributed by atoms with Crippen LogP contribution in [0, 0.1) is 0 Å². The first-order valence-electron chi connectivity index (χ1n) is 13.4. The Hall–Kier alpha value is -4.18. The predicted molar refractivity (Wildman–Crippen MR) is 152 cm³/mol. The Balaban J connectivity index is 1.31. The van der Waals surface area contributed by atoms with Gasteiger partial charge in [-0.25, -0.2) is 9.59 Å². The number of carbonyl (C=O) groups excluding carboxylic acids is 4. The van der Waals surface area contributed by atoms with Crippen LogP contribution in [0.1, 0.15) is 45.2 Å². The molecule has 40 heavy (non-hydrogen) atoms. The van der Waals surface area contributed by atoms with Gasteiger partial charge in [0, 0.05) is 23.7 Å². The lowest BCUT2D eigenvalue weighted by atomic mass is 9.87. The summed E-state index contributed by atoms with van der Waals surface area (Å²) in [5.41, 5.74) is 3.22. The minimum atomic E-state index is -0.817. The molecule has 0 radical (unpaired) electrons. The predicted octanol–water partition coefficient (Wildman–Crippen LogP) is 4.02. The third kappa shape index (κ3) is 6.17. The number of fused-ring (bicyclic) bond motifs is 1. The van der Waals surface area contributed by atoms with E-state index >= 15 is 0 Å². The molecule has 4 amide bonds. The molecule has 3 aromatic rings. The van der Waals surface area contributed by atoms with E-state index in [4.69, 9.17) is 4.74 Å². The van der Waals surface area contributed by atoms with Crippen LogP contribution in [0.5, 0.6) is 0 Å². The number of aryl methyl sites for hydroxylation is 1. The summed E-state index contributed by atoms with van der Waals surface area (Å²) in [6, 6.07) is 17.0. The summed E-state index contributed by atoms with van der Waals surface area (Å²) in [7, 11) is 1.31. The van der Waals surface area contributed by atoms with E-state index in [1.807, 2.05) is 35.7 Å². The number of methoxy groups -OCH3 is 1. The molecular formula is C30H32N4O5S. The van der Waals surface area contributed by atoms with Crippen LogP contribution in [0.3, 0.4) is 0 Å². The summed E-state index contributed by atoms with van der Waals surface area (Å²) in [6.45, 7) is 0.610. The van der Waals surface area contributed by atoms with Gasteiger partial charge in [-0.1, -0.05) is 30.3 Å². The van der Waals surface area contributed by atoms with Crippen LogP contribution in [0.2, 0.25) is 0 Å². The van der Waals surface area contributed by atoms with E-state index in [1.165, 1.54) is 24.0 Å². The number of urea groups is 1. The molecular weight excluding hydrogens is 528 g/mol. The Morgan fingerprint density at radius 3 is 2.55 bits per heavy atom. The van der Waals surface area contributed by atoms with Crippen molar-refractivity contribution in [1.82, 2.24) is 15.1 Å². The van der Waals surface area contributed by atoms with Crippen molar-refractivity contribution in [2.24, 2.45) is 0 Å². The van der Waals surface area contributed by atoms with Gasteiger partial charge in [0.15, 0.2) is 0 Å². The molecule has 2 unspecified atom stereocenters. The average molecular weight is 561 g/mol. The van der Waals surface area contributed by atoms with Crippen molar-refractivity contribution >= 4 is 40.8 Å². The second-order valence-corrected chi connectivity index (χ2v) is 11.0. The Morgan fingerprint density at radius 1 is 1.00 bits per heavy atom. The maximum absolute atomic E-state index is 13.7. The fourth-order valence-electron chi connectivity index (χ4n) is 5.34. The van der Waals surface area contributed by atoms with Gasteiger partial charge in [-0.15, -0.1) is 11.3 Å². The molecule has 0 saturated carbocycles. The van der Waals surface area contributed by atoms with Crippen LogP contribution in [0.15, 0.2) is 66.0 Å². The van der Waals surface area contributed by atoms with Crippen LogP contribution in [-0.2, 0) is 27.2 Å². The maximum atomic E-state index is 13.7. The molecule has 2 N–H and O–H groups in total. The number of piperazine rings is 1. The molecule has 1 saturated heterocycles. The van der Waals surface area contributed by atoms with Crippen LogP contribution in [-0.4, -0.2) is 66.4 Å². The number of anilines is 1. The lowest BCUT2D eigenvalue weighted by Crippen LogP contribution is -2.62. The molecule has 0 spiro atoms. The second-order valence-electron chi connectivity index (χ2n) is 9.96. The molecule has 2 aromatic carbocycles. The minimum Gasteiger partial charge on any atom is -0.465 e. The fourth-order valence-corrected chi connectivity index (χ4v) is 6.03. The van der Waals surface area contributed by atoms with Gasteiger partial charge in [0.2, 0.25) is 11.8 Å². The number of rotatable bonds is 6. The lowest BCUT2D eigenvalue weighted by Gasteiger charge is -2.41. The number of nitrogens with zero attached hydrogens (tertiary/aromatic N) is 2. The number of hydrogen-bond donors (Lipinski definition) is 2. The number of amides is 4. The zero-order valence-corrected chi connectivity index (χ0v) is 23.1. The van der Waals surface area contributed by atoms with E-state index in [-0.39, 0.29) is 49.9 Å². The molecule has 5 rings (SSSR count). The lowest BCUT2D eigenvalue weighted by molar-refractivity contribution is -0.143. The molecule has 208 valence electrons. The van der Waals surface area contributed by atoms with Crippen molar-refractivity contribution in [1.29, 1.82) is 0 Å². The maximum Gasteiger partial charge on any atom is 0.337 e. The highest BCUT2D eigenvalue weighted by Crippen LogP contribution is 2.30. The van der Waals surface area contributed by atoms with Crippen molar-refractivity contribution in [3.05, 3.63) is 87.6 Å². The van der Waals surface area contributed by atoms with E-state index in [2.05, 4.69) is 16.7 Å². The molecule has 1 aliphatic heterocycles. The van der Waals surface area contributed by atoms with Crippen LogP contribution in [0.4, 0.5) is 10.5 Å². The zero-order chi connectivity index (χ0) is 28.1. The molecule has 9 nitrogen and oxygen atoms in total. The van der Waals surface area contributed by atoms with Crippen molar-refractivity contribution < 1.29 is 23.9 Å². The van der Waals surface area contributed by atoms with Gasteiger partial charge in [-0.2, -0.15) is 0 Å². The molecule has 2 heterocycles. The molecule has 1 aliphatic carbocycles. The number of ether oxygens (including phenoxy) is 1. The first kappa shape index (κ1) is 27.4. The van der Waals surface area contributed by atoms with Gasteiger partial charge in [-0.3, -0.25) is 9.59 Å². The van der Waals surface area contributed by atoms with Crippen molar-refractivity contribution in [2.45, 2.75) is 37.8 Å². The van der Waals surface area contributed by atoms with E-state index in [1.54, 1.807) is 34.1 Å². The van der Waals surface area contributed by atoms with E-state index in [0.29, 0.717) is 11.3 Å². The third-order valence-electron chi connectivity index (χ3n) is 7.44. The van der Waals surface area contributed by atoms with Crippen molar-refractivity contribution in [3.63, 3.8) is 0 Å². The Morgan fingerprint density at radius 2 is 1.80 bits per heavy atom. The van der Waals surface area contributed by atoms with Crippen LogP contribution in [0.25, 0.3) is 0 Å². The van der Waals surface area contributed by atoms with Gasteiger partial charge in [-0.05, 0) is 66.1 Å². The Bertz CT molecular complexity index is 1380. The molecule has 0 bridgehead atoms. The van der Waals surface area contributed by atoms with E-state index in [9.17, 15) is 19.2 Å². The van der Waals surface area contributed by atoms with E-state index < -0.39 is 12.0 Å². The quantitative estimate of drug-likeness (QED) is 0.443. The highest BCUT2D eigenvalue weighted by Gasteiger charge is 2.38. The van der Waals surface area contributed by atoms with Crippen LogP contribution >= 0.6 is 11.3 Å². The molecule has 2 atom stereocenters. The first-order valence-corrected chi connectivity index (χ1v) is 14.2. The fraction of sp³-hybridized carbons (Fsp3) is 0.333. The summed E-state index contributed by atoms with van der Waals surface area (Å²) in [5, 5.41) is 7.94. The summed E-state index contributed by atoms with van der Waals surface area (Å²) in [6.07, 6.45) is 2.99. The zero-order valence-electron chi connectivity index (χ0n) is 22.3. The van der Waals surface area contributed by atoms with Gasteiger partial charge in [0.1, 0.15) is 6.04 Å². The molecule has 2 aliphatic rings. The first-order chi connectivity index (χ1) is 19.4. The number of benzene rings is 2. The van der Waals surface area contributed by atoms with Gasteiger partial charge in [0.25, 0.3) is 0 Å². The van der Waals surface area contributed by atoms with Gasteiger partial charge >= 0.3 is 12.0 Å². The highest BCUT2D eigenvalue weighted by atomic mass is 32.1. The normalized spacial score (nSPS) is 18.4. The second kappa shape index (κ2) is 12.3. The number of hydrogen-bond acceptors (Lipinski definition) is 6. The number of thiophene rings is 1. The van der Waals surface area contributed by atoms with E-state index in [0.717, 1.165) is 29.7 Å². The minimum absolute atomic E-state index is 0.0719. The Labute approximate surface area is 237 Å². The average Bonchev–Trinajstić information content (AvgIpc) is 3.50. The smallest absolute Gasteiger partial charge is 0.337 e. The van der Waals surface area contributed by atoms with Crippen LogP contribution < -0.4 is 10.6 Å². The largest absolute Gasteiger partial charge is 0.465 e. The Kier molecular flexibility index (Phi) is 8.45. The molecule has 1 fully saturated rings. The number of carbonyl (C=O) groups is 4. The SMILES string of the molecule is COC(=O)c1ccc(NC(=O)N2CCN(C(=O)Cc3cccs3)C(C(=O)NC3CCCc4ccccc43)C2)cc1.